The SMILES string of the molecule is COc1ccc(C(=O)NC[C@@H](c2cccs2)N2CCc3ccccc3C2)cc1OC. The average molecular weight is 423 g/mol. The van der Waals surface area contributed by atoms with Gasteiger partial charge in [-0.25, -0.2) is 0 Å². The van der Waals surface area contributed by atoms with E-state index in [9.17, 15) is 4.79 Å². The summed E-state index contributed by atoms with van der Waals surface area (Å²) in [6.45, 7) is 2.42. The van der Waals surface area contributed by atoms with Crippen LogP contribution in [0.1, 0.15) is 32.4 Å². The van der Waals surface area contributed by atoms with Crippen molar-refractivity contribution < 1.29 is 14.3 Å². The molecule has 30 heavy (non-hydrogen) atoms. The van der Waals surface area contributed by atoms with Crippen molar-refractivity contribution in [1.82, 2.24) is 10.2 Å². The van der Waals surface area contributed by atoms with E-state index in [-0.39, 0.29) is 11.9 Å². The summed E-state index contributed by atoms with van der Waals surface area (Å²) >= 11 is 1.73. The molecule has 0 saturated carbocycles. The third kappa shape index (κ3) is 4.35. The second-order valence-corrected chi connectivity index (χ2v) is 8.28. The molecule has 2 heterocycles. The molecule has 0 unspecified atom stereocenters. The van der Waals surface area contributed by atoms with Gasteiger partial charge in [0.1, 0.15) is 0 Å². The van der Waals surface area contributed by atoms with E-state index < -0.39 is 0 Å². The van der Waals surface area contributed by atoms with Crippen molar-refractivity contribution in [2.75, 3.05) is 27.3 Å². The van der Waals surface area contributed by atoms with Gasteiger partial charge in [0, 0.05) is 30.1 Å². The van der Waals surface area contributed by atoms with Crippen LogP contribution in [0, 0.1) is 0 Å². The Morgan fingerprint density at radius 2 is 1.87 bits per heavy atom. The number of hydrogen-bond acceptors (Lipinski definition) is 5. The predicted molar refractivity (Wildman–Crippen MR) is 119 cm³/mol. The molecule has 4 rings (SSSR count). The van der Waals surface area contributed by atoms with Gasteiger partial charge in [-0.15, -0.1) is 11.3 Å². The summed E-state index contributed by atoms with van der Waals surface area (Å²) in [6.07, 6.45) is 1.03. The summed E-state index contributed by atoms with van der Waals surface area (Å²) in [5.41, 5.74) is 3.35. The number of rotatable bonds is 7. The number of nitrogens with one attached hydrogen (secondary N) is 1. The molecule has 6 heteroatoms. The Hall–Kier alpha value is -2.83. The largest absolute Gasteiger partial charge is 0.493 e. The van der Waals surface area contributed by atoms with Gasteiger partial charge in [0.2, 0.25) is 0 Å². The van der Waals surface area contributed by atoms with E-state index in [1.807, 2.05) is 0 Å². The Morgan fingerprint density at radius 3 is 2.60 bits per heavy atom. The van der Waals surface area contributed by atoms with E-state index in [0.717, 1.165) is 19.5 Å². The van der Waals surface area contributed by atoms with Crippen LogP contribution in [0.4, 0.5) is 0 Å². The summed E-state index contributed by atoms with van der Waals surface area (Å²) in [6, 6.07) is 18.2. The summed E-state index contributed by atoms with van der Waals surface area (Å²) in [5, 5.41) is 5.22. The van der Waals surface area contributed by atoms with Gasteiger partial charge in [-0.2, -0.15) is 0 Å². The molecule has 156 valence electrons. The van der Waals surface area contributed by atoms with Crippen LogP contribution in [0.25, 0.3) is 0 Å². The molecule has 1 amide bonds. The minimum absolute atomic E-state index is 0.116. The first-order chi connectivity index (χ1) is 14.7. The highest BCUT2D eigenvalue weighted by molar-refractivity contribution is 7.10. The predicted octanol–water partition coefficient (Wildman–Crippen LogP) is 4.29. The third-order valence-electron chi connectivity index (χ3n) is 5.57. The van der Waals surface area contributed by atoms with Crippen LogP contribution in [0.5, 0.6) is 11.5 Å². The van der Waals surface area contributed by atoms with Crippen LogP contribution in [-0.2, 0) is 13.0 Å². The summed E-state index contributed by atoms with van der Waals surface area (Å²) in [7, 11) is 3.15. The van der Waals surface area contributed by atoms with Crippen LogP contribution in [-0.4, -0.2) is 38.1 Å². The Morgan fingerprint density at radius 1 is 1.07 bits per heavy atom. The second kappa shape index (κ2) is 9.32. The van der Waals surface area contributed by atoms with Crippen molar-refractivity contribution in [1.29, 1.82) is 0 Å². The molecule has 0 spiro atoms. The monoisotopic (exact) mass is 422 g/mol. The first-order valence-corrected chi connectivity index (χ1v) is 10.9. The van der Waals surface area contributed by atoms with Crippen LogP contribution >= 0.6 is 11.3 Å². The molecular formula is C24H26N2O3S. The molecule has 0 fully saturated rings. The number of benzene rings is 2. The molecular weight excluding hydrogens is 396 g/mol. The molecule has 1 aliphatic rings. The maximum absolute atomic E-state index is 12.8. The normalized spacial score (nSPS) is 14.6. The lowest BCUT2D eigenvalue weighted by Gasteiger charge is -2.35. The Labute approximate surface area is 181 Å². The maximum Gasteiger partial charge on any atom is 0.251 e. The standard InChI is InChI=1S/C24H26N2O3S/c1-28-21-10-9-18(14-22(21)29-2)24(27)25-15-20(23-8-5-13-30-23)26-12-11-17-6-3-4-7-19(17)16-26/h3-10,13-14,20H,11-12,15-16H2,1-2H3,(H,25,27)/t20-/m0/s1. The molecule has 1 aliphatic heterocycles. The average Bonchev–Trinajstić information content (AvgIpc) is 3.33. The summed E-state index contributed by atoms with van der Waals surface area (Å²) < 4.78 is 10.6. The van der Waals surface area contributed by atoms with Gasteiger partial charge >= 0.3 is 0 Å². The Balaban J connectivity index is 1.49. The van der Waals surface area contributed by atoms with Crippen LogP contribution in [0.2, 0.25) is 0 Å². The van der Waals surface area contributed by atoms with Gasteiger partial charge < -0.3 is 14.8 Å². The first-order valence-electron chi connectivity index (χ1n) is 10.0. The number of methoxy groups -OCH3 is 2. The van der Waals surface area contributed by atoms with E-state index in [2.05, 4.69) is 52.0 Å². The number of ether oxygens (including phenoxy) is 2. The van der Waals surface area contributed by atoms with E-state index in [1.165, 1.54) is 16.0 Å². The first kappa shape index (κ1) is 20.4. The van der Waals surface area contributed by atoms with Crippen LogP contribution in [0.3, 0.4) is 0 Å². The van der Waals surface area contributed by atoms with Crippen molar-refractivity contribution in [2.24, 2.45) is 0 Å². The number of carbonyl (C=O) groups is 1. The van der Waals surface area contributed by atoms with Gasteiger partial charge in [0.25, 0.3) is 5.91 Å². The van der Waals surface area contributed by atoms with E-state index in [0.29, 0.717) is 23.6 Å². The summed E-state index contributed by atoms with van der Waals surface area (Å²) in [4.78, 5) is 16.6. The van der Waals surface area contributed by atoms with Gasteiger partial charge in [-0.3, -0.25) is 9.69 Å². The zero-order valence-corrected chi connectivity index (χ0v) is 18.1. The molecule has 1 N–H and O–H groups in total. The second-order valence-electron chi connectivity index (χ2n) is 7.30. The van der Waals surface area contributed by atoms with E-state index >= 15 is 0 Å². The van der Waals surface area contributed by atoms with Gasteiger partial charge in [0.15, 0.2) is 11.5 Å². The highest BCUT2D eigenvalue weighted by atomic mass is 32.1. The van der Waals surface area contributed by atoms with Gasteiger partial charge in [0.05, 0.1) is 20.3 Å². The zero-order valence-electron chi connectivity index (χ0n) is 17.3. The van der Waals surface area contributed by atoms with E-state index in [1.54, 1.807) is 43.8 Å². The van der Waals surface area contributed by atoms with E-state index in [4.69, 9.17) is 9.47 Å². The van der Waals surface area contributed by atoms with Gasteiger partial charge in [-0.05, 0) is 47.2 Å². The highest BCUT2D eigenvalue weighted by Crippen LogP contribution is 2.31. The molecule has 5 nitrogen and oxygen atoms in total. The number of carbonyl (C=O) groups excluding carboxylic acids is 1. The lowest BCUT2D eigenvalue weighted by Crippen LogP contribution is -2.40. The maximum atomic E-state index is 12.8. The quantitative estimate of drug-likeness (QED) is 0.617. The Bertz CT molecular complexity index is 1000. The molecule has 0 radical (unpaired) electrons. The van der Waals surface area contributed by atoms with Crippen molar-refractivity contribution in [3.8, 4) is 11.5 Å². The molecule has 3 aromatic rings. The zero-order chi connectivity index (χ0) is 20.9. The molecule has 1 aromatic heterocycles. The third-order valence-corrected chi connectivity index (χ3v) is 6.55. The molecule has 1 atom stereocenters. The number of fused-ring (bicyclic) bond motifs is 1. The fraction of sp³-hybridized carbons (Fsp3) is 0.292. The van der Waals surface area contributed by atoms with Crippen LogP contribution < -0.4 is 14.8 Å². The molecule has 0 saturated heterocycles. The van der Waals surface area contributed by atoms with Crippen molar-refractivity contribution >= 4 is 17.2 Å². The van der Waals surface area contributed by atoms with Crippen molar-refractivity contribution in [3.05, 3.63) is 81.5 Å². The summed E-state index contributed by atoms with van der Waals surface area (Å²) in [5.74, 6) is 1.04. The van der Waals surface area contributed by atoms with Crippen molar-refractivity contribution in [2.45, 2.75) is 19.0 Å². The number of amides is 1. The highest BCUT2D eigenvalue weighted by Gasteiger charge is 2.26. The lowest BCUT2D eigenvalue weighted by atomic mass is 9.98. The molecule has 2 aromatic carbocycles. The molecule has 0 aliphatic carbocycles. The Kier molecular flexibility index (Phi) is 6.35. The minimum atomic E-state index is -0.116. The number of thiophene rings is 1. The number of nitrogens with zero attached hydrogens (tertiary/aromatic N) is 1. The van der Waals surface area contributed by atoms with Crippen LogP contribution in [0.15, 0.2) is 60.0 Å². The fourth-order valence-electron chi connectivity index (χ4n) is 3.94. The molecule has 0 bridgehead atoms. The number of hydrogen-bond donors (Lipinski definition) is 1. The smallest absolute Gasteiger partial charge is 0.251 e. The lowest BCUT2D eigenvalue weighted by molar-refractivity contribution is 0.0928. The minimum Gasteiger partial charge on any atom is -0.493 e. The van der Waals surface area contributed by atoms with Crippen molar-refractivity contribution in [3.63, 3.8) is 0 Å². The fourth-order valence-corrected chi connectivity index (χ4v) is 4.80. The van der Waals surface area contributed by atoms with Gasteiger partial charge in [-0.1, -0.05) is 30.3 Å². The topological polar surface area (TPSA) is 50.8 Å².